The monoisotopic (exact) mass is 205 g/mol. The summed E-state index contributed by atoms with van der Waals surface area (Å²) >= 11 is 0. The Balaban J connectivity index is 1.98. The lowest BCUT2D eigenvalue weighted by molar-refractivity contribution is 0.112. The van der Waals surface area contributed by atoms with E-state index in [2.05, 4.69) is 28.9 Å². The zero-order valence-corrected chi connectivity index (χ0v) is 9.05. The number of carbonyl (C=O) groups excluding carboxylic acids is 1. The topological polar surface area (TPSA) is 36.4 Å². The fourth-order valence-corrected chi connectivity index (χ4v) is 1.62. The second-order valence-electron chi connectivity index (χ2n) is 4.09. The molecule has 0 radical (unpaired) electrons. The largest absolute Gasteiger partial charge is 0.353 e. The van der Waals surface area contributed by atoms with Gasteiger partial charge in [0.2, 0.25) is 0 Å². The van der Waals surface area contributed by atoms with Gasteiger partial charge in [-0.15, -0.1) is 0 Å². The maximum Gasteiger partial charge on any atom is 0.151 e. The van der Waals surface area contributed by atoms with Crippen LogP contribution in [0.3, 0.4) is 0 Å². The summed E-state index contributed by atoms with van der Waals surface area (Å²) in [5.41, 5.74) is 0.628. The van der Waals surface area contributed by atoms with Crippen molar-refractivity contribution in [1.29, 1.82) is 0 Å². The van der Waals surface area contributed by atoms with Crippen molar-refractivity contribution in [2.24, 2.45) is 0 Å². The third-order valence-corrected chi connectivity index (χ3v) is 2.82. The van der Waals surface area contributed by atoms with Crippen LogP contribution in [-0.2, 0) is 0 Å². The molecule has 0 unspecified atom stereocenters. The number of carbonyl (C=O) groups is 1. The van der Waals surface area contributed by atoms with Gasteiger partial charge in [0.1, 0.15) is 5.82 Å². The van der Waals surface area contributed by atoms with Gasteiger partial charge in [0.25, 0.3) is 0 Å². The van der Waals surface area contributed by atoms with Crippen LogP contribution >= 0.6 is 0 Å². The van der Waals surface area contributed by atoms with Gasteiger partial charge in [-0.1, -0.05) is 0 Å². The van der Waals surface area contributed by atoms with Crippen LogP contribution in [0.4, 0.5) is 5.82 Å². The third kappa shape index (κ3) is 1.99. The van der Waals surface area contributed by atoms with E-state index in [0.29, 0.717) is 11.6 Å². The van der Waals surface area contributed by atoms with E-state index in [9.17, 15) is 4.79 Å². The summed E-state index contributed by atoms with van der Waals surface area (Å²) in [5, 5.41) is 0. The lowest BCUT2D eigenvalue weighted by Gasteiger charge is -2.43. The Morgan fingerprint density at radius 1 is 1.47 bits per heavy atom. The summed E-state index contributed by atoms with van der Waals surface area (Å²) in [6.45, 7) is 2.03. The summed E-state index contributed by atoms with van der Waals surface area (Å²) in [5.74, 6) is 0.957. The van der Waals surface area contributed by atoms with Crippen molar-refractivity contribution in [1.82, 2.24) is 9.88 Å². The van der Waals surface area contributed by atoms with Crippen LogP contribution in [0.5, 0.6) is 0 Å². The second kappa shape index (κ2) is 3.98. The van der Waals surface area contributed by atoms with Gasteiger partial charge in [0.15, 0.2) is 6.29 Å². The molecule has 1 saturated heterocycles. The van der Waals surface area contributed by atoms with Gasteiger partial charge >= 0.3 is 0 Å². The Bertz CT molecular complexity index is 341. The predicted octanol–water partition coefficient (Wildman–Crippen LogP) is 0.644. The molecule has 4 nitrogen and oxygen atoms in total. The van der Waals surface area contributed by atoms with E-state index in [-0.39, 0.29) is 0 Å². The molecule has 2 rings (SSSR count). The van der Waals surface area contributed by atoms with E-state index in [1.807, 2.05) is 6.07 Å². The van der Waals surface area contributed by atoms with Gasteiger partial charge in [0, 0.05) is 30.9 Å². The molecule has 0 spiro atoms. The van der Waals surface area contributed by atoms with Crippen LogP contribution in [0.15, 0.2) is 18.3 Å². The zero-order chi connectivity index (χ0) is 10.8. The maximum absolute atomic E-state index is 10.5. The fourth-order valence-electron chi connectivity index (χ4n) is 1.62. The molecule has 0 bridgehead atoms. The number of anilines is 1. The van der Waals surface area contributed by atoms with Crippen LogP contribution in [0, 0.1) is 0 Å². The molecule has 0 amide bonds. The molecule has 4 heteroatoms. The molecule has 1 aliphatic heterocycles. The molecule has 0 saturated carbocycles. The Morgan fingerprint density at radius 2 is 2.20 bits per heavy atom. The molecule has 15 heavy (non-hydrogen) atoms. The van der Waals surface area contributed by atoms with Gasteiger partial charge in [0.05, 0.1) is 0 Å². The first kappa shape index (κ1) is 10.1. The van der Waals surface area contributed by atoms with E-state index in [4.69, 9.17) is 0 Å². The third-order valence-electron chi connectivity index (χ3n) is 2.82. The first-order valence-corrected chi connectivity index (χ1v) is 5.03. The number of nitrogens with zero attached hydrogens (tertiary/aromatic N) is 3. The Morgan fingerprint density at radius 3 is 2.67 bits per heavy atom. The highest BCUT2D eigenvalue weighted by molar-refractivity contribution is 5.74. The van der Waals surface area contributed by atoms with E-state index in [0.717, 1.165) is 25.2 Å². The lowest BCUT2D eigenvalue weighted by Crippen LogP contribution is -2.57. The highest BCUT2D eigenvalue weighted by atomic mass is 16.1. The minimum absolute atomic E-state index is 0.623. The molecular weight excluding hydrogens is 190 g/mol. The zero-order valence-electron chi connectivity index (χ0n) is 9.05. The molecular formula is C11H15N3O. The normalized spacial score (nSPS) is 16.6. The first-order valence-electron chi connectivity index (χ1n) is 5.03. The highest BCUT2D eigenvalue weighted by Crippen LogP contribution is 2.20. The van der Waals surface area contributed by atoms with Gasteiger partial charge < -0.3 is 9.80 Å². The number of hydrogen-bond donors (Lipinski definition) is 0. The van der Waals surface area contributed by atoms with Gasteiger partial charge in [-0.05, 0) is 26.2 Å². The van der Waals surface area contributed by atoms with Crippen molar-refractivity contribution in [2.75, 3.05) is 32.1 Å². The van der Waals surface area contributed by atoms with Crippen LogP contribution in [0.2, 0.25) is 0 Å². The molecule has 1 fully saturated rings. The average molecular weight is 205 g/mol. The molecule has 1 aliphatic rings. The number of aldehydes is 1. The van der Waals surface area contributed by atoms with Gasteiger partial charge in [-0.3, -0.25) is 4.79 Å². The second-order valence-corrected chi connectivity index (χ2v) is 4.09. The summed E-state index contributed by atoms with van der Waals surface area (Å²) in [6, 6.07) is 4.33. The van der Waals surface area contributed by atoms with Crippen LogP contribution in [0.1, 0.15) is 10.4 Å². The van der Waals surface area contributed by atoms with Crippen molar-refractivity contribution in [3.63, 3.8) is 0 Å². The van der Waals surface area contributed by atoms with E-state index in [1.54, 1.807) is 12.3 Å². The van der Waals surface area contributed by atoms with Gasteiger partial charge in [-0.25, -0.2) is 4.98 Å². The van der Waals surface area contributed by atoms with E-state index in [1.165, 1.54) is 0 Å². The molecule has 80 valence electrons. The standard InChI is InChI=1S/C11H15N3O/c1-13(2)10-6-14(7-10)11-4-3-9(8-15)5-12-11/h3-5,8,10H,6-7H2,1-2H3. The summed E-state index contributed by atoms with van der Waals surface area (Å²) < 4.78 is 0. The van der Waals surface area contributed by atoms with E-state index < -0.39 is 0 Å². The number of likely N-dealkylation sites (N-methyl/N-ethyl adjacent to an activating group) is 1. The molecule has 0 aromatic carbocycles. The lowest BCUT2D eigenvalue weighted by atomic mass is 10.1. The van der Waals surface area contributed by atoms with Crippen LogP contribution < -0.4 is 4.90 Å². The summed E-state index contributed by atoms with van der Waals surface area (Å²) in [7, 11) is 4.18. The SMILES string of the molecule is CN(C)C1CN(c2ccc(C=O)cn2)C1. The van der Waals surface area contributed by atoms with Crippen LogP contribution in [-0.4, -0.2) is 49.4 Å². The smallest absolute Gasteiger partial charge is 0.151 e. The first-order chi connectivity index (χ1) is 7.20. The van der Waals surface area contributed by atoms with Crippen LogP contribution in [0.25, 0.3) is 0 Å². The van der Waals surface area contributed by atoms with Gasteiger partial charge in [-0.2, -0.15) is 0 Å². The Kier molecular flexibility index (Phi) is 2.68. The molecule has 0 atom stereocenters. The molecule has 1 aromatic rings. The maximum atomic E-state index is 10.5. The Hall–Kier alpha value is -1.42. The summed E-state index contributed by atoms with van der Waals surface area (Å²) in [6.07, 6.45) is 2.43. The molecule has 2 heterocycles. The highest BCUT2D eigenvalue weighted by Gasteiger charge is 2.28. The number of aromatic nitrogens is 1. The Labute approximate surface area is 89.5 Å². The quantitative estimate of drug-likeness (QED) is 0.679. The molecule has 0 aliphatic carbocycles. The van der Waals surface area contributed by atoms with Crippen molar-refractivity contribution in [3.05, 3.63) is 23.9 Å². The van der Waals surface area contributed by atoms with Crippen molar-refractivity contribution in [2.45, 2.75) is 6.04 Å². The number of rotatable bonds is 3. The van der Waals surface area contributed by atoms with Crippen molar-refractivity contribution < 1.29 is 4.79 Å². The number of pyridine rings is 1. The summed E-state index contributed by atoms with van der Waals surface area (Å²) in [4.78, 5) is 19.1. The van der Waals surface area contributed by atoms with Crippen molar-refractivity contribution in [3.8, 4) is 0 Å². The van der Waals surface area contributed by atoms with E-state index >= 15 is 0 Å². The predicted molar refractivity (Wildman–Crippen MR) is 59.3 cm³/mol. The molecule has 1 aromatic heterocycles. The fraction of sp³-hybridized carbons (Fsp3) is 0.455. The minimum Gasteiger partial charge on any atom is -0.353 e. The number of hydrogen-bond acceptors (Lipinski definition) is 4. The molecule has 0 N–H and O–H groups in total. The van der Waals surface area contributed by atoms with Crippen molar-refractivity contribution >= 4 is 12.1 Å². The minimum atomic E-state index is 0.623. The average Bonchev–Trinajstić information content (AvgIpc) is 2.16.